The fourth-order valence-electron chi connectivity index (χ4n) is 1.89. The van der Waals surface area contributed by atoms with Gasteiger partial charge in [-0.3, -0.25) is 0 Å². The monoisotopic (exact) mass is 269 g/mol. The molecular weight excluding hydrogens is 255 g/mol. The highest BCUT2D eigenvalue weighted by Gasteiger charge is 2.29. The number of alkyl halides is 3. The first-order valence-corrected chi connectivity index (χ1v) is 5.89. The molecule has 1 atom stereocenters. The van der Waals surface area contributed by atoms with Crippen molar-refractivity contribution in [1.82, 2.24) is 0 Å². The molecule has 1 aromatic carbocycles. The Morgan fingerprint density at radius 3 is 2.26 bits per heavy atom. The van der Waals surface area contributed by atoms with Crippen LogP contribution in [0.5, 0.6) is 0 Å². The maximum absolute atomic E-state index is 12.4. The summed E-state index contributed by atoms with van der Waals surface area (Å²) in [6.07, 6.45) is -1.65. The topological polar surface area (TPSA) is 39.2 Å². The molecule has 19 heavy (non-hydrogen) atoms. The van der Waals surface area contributed by atoms with Crippen LogP contribution in [0.2, 0.25) is 0 Å². The van der Waals surface area contributed by atoms with E-state index in [1.807, 2.05) is 6.07 Å². The molecule has 0 saturated heterocycles. The highest BCUT2D eigenvalue weighted by Crippen LogP contribution is 2.29. The van der Waals surface area contributed by atoms with Gasteiger partial charge in [0.1, 0.15) is 5.76 Å². The van der Waals surface area contributed by atoms with Crippen LogP contribution in [0.4, 0.5) is 13.2 Å². The first-order chi connectivity index (χ1) is 8.95. The molecule has 0 aliphatic rings. The standard InChI is InChI=1S/C14H14F3NO/c15-14(16,17)11-5-3-10(4-6-11)8-12(18)9-13-2-1-7-19-13/h1-7,12H,8-9,18H2. The van der Waals surface area contributed by atoms with Gasteiger partial charge < -0.3 is 10.2 Å². The van der Waals surface area contributed by atoms with Crippen molar-refractivity contribution in [3.63, 3.8) is 0 Å². The van der Waals surface area contributed by atoms with E-state index < -0.39 is 11.7 Å². The van der Waals surface area contributed by atoms with E-state index in [1.54, 1.807) is 12.3 Å². The Labute approximate surface area is 109 Å². The molecule has 0 aliphatic heterocycles. The third-order valence-corrected chi connectivity index (χ3v) is 2.82. The number of nitrogens with two attached hydrogens (primary N) is 1. The van der Waals surface area contributed by atoms with Gasteiger partial charge in [0.25, 0.3) is 0 Å². The molecule has 0 spiro atoms. The van der Waals surface area contributed by atoms with E-state index in [2.05, 4.69) is 0 Å². The second kappa shape index (κ2) is 5.48. The third kappa shape index (κ3) is 3.86. The van der Waals surface area contributed by atoms with E-state index in [1.165, 1.54) is 12.1 Å². The largest absolute Gasteiger partial charge is 0.469 e. The summed E-state index contributed by atoms with van der Waals surface area (Å²) >= 11 is 0. The maximum atomic E-state index is 12.4. The third-order valence-electron chi connectivity index (χ3n) is 2.82. The van der Waals surface area contributed by atoms with Gasteiger partial charge in [-0.1, -0.05) is 12.1 Å². The van der Waals surface area contributed by atoms with Crippen molar-refractivity contribution in [3.05, 3.63) is 59.5 Å². The summed E-state index contributed by atoms with van der Waals surface area (Å²) in [5.74, 6) is 0.777. The number of rotatable bonds is 4. The van der Waals surface area contributed by atoms with Crippen LogP contribution in [0.25, 0.3) is 0 Å². The summed E-state index contributed by atoms with van der Waals surface area (Å²) in [6.45, 7) is 0. The van der Waals surface area contributed by atoms with Crippen molar-refractivity contribution in [2.24, 2.45) is 5.73 Å². The SMILES string of the molecule is NC(Cc1ccc(C(F)(F)F)cc1)Cc1ccco1. The number of furan rings is 1. The molecule has 0 fully saturated rings. The van der Waals surface area contributed by atoms with Gasteiger partial charge in [-0.15, -0.1) is 0 Å². The molecule has 0 radical (unpaired) electrons. The lowest BCUT2D eigenvalue weighted by Crippen LogP contribution is -2.25. The zero-order chi connectivity index (χ0) is 13.9. The van der Waals surface area contributed by atoms with Crippen LogP contribution in [0.3, 0.4) is 0 Å². The Hall–Kier alpha value is -1.75. The predicted molar refractivity (Wildman–Crippen MR) is 65.5 cm³/mol. The summed E-state index contributed by atoms with van der Waals surface area (Å²) in [4.78, 5) is 0. The van der Waals surface area contributed by atoms with Gasteiger partial charge in [-0.05, 0) is 36.2 Å². The highest BCUT2D eigenvalue weighted by molar-refractivity contribution is 5.25. The van der Waals surface area contributed by atoms with Gasteiger partial charge in [0.15, 0.2) is 0 Å². The molecule has 0 saturated carbocycles. The Morgan fingerprint density at radius 2 is 1.74 bits per heavy atom. The Kier molecular flexibility index (Phi) is 3.95. The molecule has 2 nitrogen and oxygen atoms in total. The fourth-order valence-corrected chi connectivity index (χ4v) is 1.89. The minimum Gasteiger partial charge on any atom is -0.469 e. The van der Waals surface area contributed by atoms with Gasteiger partial charge in [-0.25, -0.2) is 0 Å². The van der Waals surface area contributed by atoms with E-state index in [0.29, 0.717) is 12.8 Å². The zero-order valence-electron chi connectivity index (χ0n) is 10.2. The normalized spacial score (nSPS) is 13.5. The molecule has 0 bridgehead atoms. The second-order valence-electron chi connectivity index (χ2n) is 4.44. The van der Waals surface area contributed by atoms with E-state index in [9.17, 15) is 13.2 Å². The quantitative estimate of drug-likeness (QED) is 0.923. The van der Waals surface area contributed by atoms with E-state index in [4.69, 9.17) is 10.2 Å². The van der Waals surface area contributed by atoms with E-state index in [0.717, 1.165) is 23.5 Å². The fraction of sp³-hybridized carbons (Fsp3) is 0.286. The molecule has 2 aromatic rings. The van der Waals surface area contributed by atoms with E-state index >= 15 is 0 Å². The van der Waals surface area contributed by atoms with Crippen LogP contribution in [0, 0.1) is 0 Å². The van der Waals surface area contributed by atoms with Crippen molar-refractivity contribution in [2.75, 3.05) is 0 Å². The second-order valence-corrected chi connectivity index (χ2v) is 4.44. The Bertz CT molecular complexity index is 502. The van der Waals surface area contributed by atoms with Crippen LogP contribution < -0.4 is 5.73 Å². The van der Waals surface area contributed by atoms with Gasteiger partial charge in [-0.2, -0.15) is 13.2 Å². The number of hydrogen-bond acceptors (Lipinski definition) is 2. The lowest BCUT2D eigenvalue weighted by atomic mass is 10.0. The highest BCUT2D eigenvalue weighted by atomic mass is 19.4. The molecule has 1 aromatic heterocycles. The summed E-state index contributed by atoms with van der Waals surface area (Å²) in [7, 11) is 0. The molecule has 2 rings (SSSR count). The predicted octanol–water partition coefficient (Wildman–Crippen LogP) is 3.41. The van der Waals surface area contributed by atoms with Crippen LogP contribution in [-0.4, -0.2) is 6.04 Å². The molecule has 5 heteroatoms. The number of benzene rings is 1. The molecule has 0 amide bonds. The van der Waals surface area contributed by atoms with Crippen molar-refractivity contribution in [1.29, 1.82) is 0 Å². The molecule has 102 valence electrons. The van der Waals surface area contributed by atoms with Crippen LogP contribution in [-0.2, 0) is 19.0 Å². The summed E-state index contributed by atoms with van der Waals surface area (Å²) in [6, 6.07) is 8.51. The minimum atomic E-state index is -4.30. The smallest absolute Gasteiger partial charge is 0.416 e. The maximum Gasteiger partial charge on any atom is 0.416 e. The van der Waals surface area contributed by atoms with Crippen molar-refractivity contribution >= 4 is 0 Å². The summed E-state index contributed by atoms with van der Waals surface area (Å²) in [5, 5.41) is 0. The van der Waals surface area contributed by atoms with Crippen LogP contribution in [0.1, 0.15) is 16.9 Å². The van der Waals surface area contributed by atoms with Gasteiger partial charge in [0.2, 0.25) is 0 Å². The van der Waals surface area contributed by atoms with E-state index in [-0.39, 0.29) is 6.04 Å². The Balaban J connectivity index is 1.96. The van der Waals surface area contributed by atoms with Crippen molar-refractivity contribution in [3.8, 4) is 0 Å². The first-order valence-electron chi connectivity index (χ1n) is 5.89. The Morgan fingerprint density at radius 1 is 1.05 bits per heavy atom. The van der Waals surface area contributed by atoms with Crippen molar-refractivity contribution in [2.45, 2.75) is 25.1 Å². The van der Waals surface area contributed by atoms with Crippen LogP contribution >= 0.6 is 0 Å². The molecule has 2 N–H and O–H groups in total. The van der Waals surface area contributed by atoms with Crippen molar-refractivity contribution < 1.29 is 17.6 Å². The molecule has 1 unspecified atom stereocenters. The summed E-state index contributed by atoms with van der Waals surface area (Å²) in [5.41, 5.74) is 6.08. The summed E-state index contributed by atoms with van der Waals surface area (Å²) < 4.78 is 42.4. The van der Waals surface area contributed by atoms with Gasteiger partial charge in [0.05, 0.1) is 11.8 Å². The minimum absolute atomic E-state index is 0.178. The number of halogens is 3. The van der Waals surface area contributed by atoms with Gasteiger partial charge in [0, 0.05) is 12.5 Å². The lowest BCUT2D eigenvalue weighted by Gasteiger charge is -2.11. The first kappa shape index (κ1) is 13.7. The molecular formula is C14H14F3NO. The average Bonchev–Trinajstić information content (AvgIpc) is 2.81. The average molecular weight is 269 g/mol. The lowest BCUT2D eigenvalue weighted by molar-refractivity contribution is -0.137. The molecule has 0 aliphatic carbocycles. The molecule has 1 heterocycles. The van der Waals surface area contributed by atoms with Gasteiger partial charge >= 0.3 is 6.18 Å². The zero-order valence-corrected chi connectivity index (χ0v) is 10.2. The van der Waals surface area contributed by atoms with Crippen LogP contribution in [0.15, 0.2) is 47.1 Å². The number of hydrogen-bond donors (Lipinski definition) is 1.